The quantitative estimate of drug-likeness (QED) is 0.536. The number of piperazine rings is 1. The molecule has 2 fully saturated rings. The van der Waals surface area contributed by atoms with Crippen molar-refractivity contribution in [3.63, 3.8) is 0 Å². The van der Waals surface area contributed by atoms with E-state index in [9.17, 15) is 9.18 Å². The normalized spacial score (nSPS) is 19.1. The highest BCUT2D eigenvalue weighted by Gasteiger charge is 2.32. The summed E-state index contributed by atoms with van der Waals surface area (Å²) in [7, 11) is 1.63. The van der Waals surface area contributed by atoms with Crippen LogP contribution in [-0.2, 0) is 11.3 Å². The van der Waals surface area contributed by atoms with Crippen molar-refractivity contribution in [2.75, 3.05) is 51.3 Å². The number of benzene rings is 2. The summed E-state index contributed by atoms with van der Waals surface area (Å²) in [6.07, 6.45) is 1.83. The Balaban J connectivity index is 1.15. The van der Waals surface area contributed by atoms with Crippen LogP contribution in [0.15, 0.2) is 53.1 Å². The molecule has 1 amide bonds. The molecule has 2 aliphatic rings. The maximum atomic E-state index is 14.1. The Morgan fingerprint density at radius 1 is 1.09 bits per heavy atom. The van der Waals surface area contributed by atoms with Gasteiger partial charge in [-0.2, -0.15) is 4.98 Å². The molecule has 0 aliphatic carbocycles. The van der Waals surface area contributed by atoms with Gasteiger partial charge in [-0.25, -0.2) is 4.39 Å². The van der Waals surface area contributed by atoms with E-state index in [0.29, 0.717) is 56.7 Å². The first kappa shape index (κ1) is 23.3. The van der Waals surface area contributed by atoms with Gasteiger partial charge in [0.05, 0.1) is 25.3 Å². The second-order valence-electron chi connectivity index (χ2n) is 9.08. The van der Waals surface area contributed by atoms with Crippen LogP contribution in [0.25, 0.3) is 11.4 Å². The molecule has 9 heteroatoms. The fraction of sp³-hybridized carbons (Fsp3) is 0.423. The van der Waals surface area contributed by atoms with Gasteiger partial charge in [-0.15, -0.1) is 0 Å². The third kappa shape index (κ3) is 5.30. The number of carbonyl (C=O) groups is 1. The number of aromatic nitrogens is 2. The monoisotopic (exact) mass is 479 g/mol. The predicted octanol–water partition coefficient (Wildman–Crippen LogP) is 3.45. The van der Waals surface area contributed by atoms with E-state index in [0.717, 1.165) is 30.7 Å². The molecular formula is C26H30FN5O3. The molecule has 1 aromatic heterocycles. The summed E-state index contributed by atoms with van der Waals surface area (Å²) in [6.45, 7) is 4.58. The molecule has 0 saturated carbocycles. The third-order valence-electron chi connectivity index (χ3n) is 6.81. The van der Waals surface area contributed by atoms with Gasteiger partial charge in [0.15, 0.2) is 0 Å². The summed E-state index contributed by atoms with van der Waals surface area (Å²) in [4.78, 5) is 24.0. The highest BCUT2D eigenvalue weighted by molar-refractivity contribution is 5.79. The molecule has 0 radical (unpaired) electrons. The zero-order valence-electron chi connectivity index (χ0n) is 19.9. The van der Waals surface area contributed by atoms with E-state index in [-0.39, 0.29) is 17.6 Å². The number of hydrogen-bond acceptors (Lipinski definition) is 7. The topological polar surface area (TPSA) is 74.9 Å². The van der Waals surface area contributed by atoms with Crippen molar-refractivity contribution < 1.29 is 18.4 Å². The van der Waals surface area contributed by atoms with Crippen molar-refractivity contribution in [3.05, 3.63) is 60.2 Å². The molecule has 0 spiro atoms. The zero-order chi connectivity index (χ0) is 24.2. The Labute approximate surface area is 204 Å². The Kier molecular flexibility index (Phi) is 6.94. The van der Waals surface area contributed by atoms with Gasteiger partial charge in [-0.1, -0.05) is 17.3 Å². The van der Waals surface area contributed by atoms with Gasteiger partial charge in [-0.3, -0.25) is 9.69 Å². The largest absolute Gasteiger partial charge is 0.497 e. The highest BCUT2D eigenvalue weighted by Crippen LogP contribution is 2.25. The van der Waals surface area contributed by atoms with E-state index < -0.39 is 0 Å². The van der Waals surface area contributed by atoms with Crippen LogP contribution >= 0.6 is 0 Å². The second kappa shape index (κ2) is 10.4. The summed E-state index contributed by atoms with van der Waals surface area (Å²) in [5, 5.41) is 4.11. The van der Waals surface area contributed by atoms with Crippen molar-refractivity contribution in [2.45, 2.75) is 19.4 Å². The molecule has 5 rings (SSSR count). The van der Waals surface area contributed by atoms with E-state index in [1.165, 1.54) is 6.07 Å². The van der Waals surface area contributed by atoms with Crippen LogP contribution in [0.4, 0.5) is 10.1 Å². The van der Waals surface area contributed by atoms with E-state index in [4.69, 9.17) is 9.26 Å². The molecule has 2 aromatic carbocycles. The van der Waals surface area contributed by atoms with Crippen molar-refractivity contribution >= 4 is 11.6 Å². The fourth-order valence-corrected chi connectivity index (χ4v) is 4.90. The molecule has 1 atom stereocenters. The van der Waals surface area contributed by atoms with Gasteiger partial charge in [0.1, 0.15) is 11.6 Å². The second-order valence-corrected chi connectivity index (χ2v) is 9.08. The highest BCUT2D eigenvalue weighted by atomic mass is 19.1. The number of piperidine rings is 1. The van der Waals surface area contributed by atoms with E-state index >= 15 is 0 Å². The summed E-state index contributed by atoms with van der Waals surface area (Å²) in [5.74, 6) is 1.78. The van der Waals surface area contributed by atoms with Gasteiger partial charge in [0, 0.05) is 38.3 Å². The van der Waals surface area contributed by atoms with Gasteiger partial charge < -0.3 is 19.1 Å². The number of para-hydroxylation sites is 1. The number of methoxy groups -OCH3 is 1. The number of ether oxygens (including phenoxy) is 1. The molecule has 0 bridgehead atoms. The first-order chi connectivity index (χ1) is 17.1. The Morgan fingerprint density at radius 2 is 1.86 bits per heavy atom. The number of carbonyl (C=O) groups excluding carboxylic acids is 1. The molecule has 3 heterocycles. The number of hydrogen-bond donors (Lipinski definition) is 0. The molecule has 0 N–H and O–H groups in total. The molecule has 184 valence electrons. The minimum absolute atomic E-state index is 0.0484. The van der Waals surface area contributed by atoms with Crippen LogP contribution in [0.2, 0.25) is 0 Å². The maximum absolute atomic E-state index is 14.1. The van der Waals surface area contributed by atoms with Gasteiger partial charge in [0.2, 0.25) is 17.6 Å². The van der Waals surface area contributed by atoms with Crippen LogP contribution < -0.4 is 9.64 Å². The first-order valence-electron chi connectivity index (χ1n) is 12.1. The zero-order valence-corrected chi connectivity index (χ0v) is 19.9. The number of halogens is 1. The van der Waals surface area contributed by atoms with E-state index in [1.54, 1.807) is 19.2 Å². The molecule has 2 saturated heterocycles. The predicted molar refractivity (Wildman–Crippen MR) is 129 cm³/mol. The van der Waals surface area contributed by atoms with E-state index in [2.05, 4.69) is 15.0 Å². The lowest BCUT2D eigenvalue weighted by Crippen LogP contribution is -2.52. The smallest absolute Gasteiger partial charge is 0.241 e. The summed E-state index contributed by atoms with van der Waals surface area (Å²) < 4.78 is 24.8. The molecule has 1 unspecified atom stereocenters. The van der Waals surface area contributed by atoms with Crippen molar-refractivity contribution in [2.24, 2.45) is 5.92 Å². The Morgan fingerprint density at radius 3 is 2.60 bits per heavy atom. The Hall–Kier alpha value is -3.46. The lowest BCUT2D eigenvalue weighted by atomic mass is 9.96. The lowest BCUT2D eigenvalue weighted by Gasteiger charge is -2.39. The molecule has 8 nitrogen and oxygen atoms in total. The standard InChI is InChI=1S/C26H30FN5O3/c1-34-21-10-8-19(9-11-21)25-28-24(35-29-25)18-30-12-4-5-20(17-30)26(33)32-15-13-31(14-16-32)23-7-3-2-6-22(23)27/h2-3,6-11,20H,4-5,12-18H2,1H3. The summed E-state index contributed by atoms with van der Waals surface area (Å²) in [6, 6.07) is 14.3. The average molecular weight is 480 g/mol. The van der Waals surface area contributed by atoms with Crippen LogP contribution in [0.3, 0.4) is 0 Å². The molecular weight excluding hydrogens is 449 g/mol. The maximum Gasteiger partial charge on any atom is 0.241 e. The van der Waals surface area contributed by atoms with Gasteiger partial charge >= 0.3 is 0 Å². The minimum Gasteiger partial charge on any atom is -0.497 e. The van der Waals surface area contributed by atoms with Crippen LogP contribution in [0.5, 0.6) is 5.75 Å². The first-order valence-corrected chi connectivity index (χ1v) is 12.1. The van der Waals surface area contributed by atoms with Gasteiger partial charge in [-0.05, 0) is 55.8 Å². The Bertz CT molecular complexity index is 1140. The number of nitrogens with zero attached hydrogens (tertiary/aromatic N) is 5. The third-order valence-corrected chi connectivity index (χ3v) is 6.81. The molecule has 2 aliphatic heterocycles. The van der Waals surface area contributed by atoms with Crippen LogP contribution in [0, 0.1) is 11.7 Å². The number of likely N-dealkylation sites (tertiary alicyclic amines) is 1. The average Bonchev–Trinajstić information content (AvgIpc) is 3.37. The summed E-state index contributed by atoms with van der Waals surface area (Å²) >= 11 is 0. The van der Waals surface area contributed by atoms with E-state index in [1.807, 2.05) is 40.1 Å². The summed E-state index contributed by atoms with van der Waals surface area (Å²) in [5.41, 5.74) is 1.47. The van der Waals surface area contributed by atoms with Crippen molar-refractivity contribution in [1.29, 1.82) is 0 Å². The van der Waals surface area contributed by atoms with Crippen LogP contribution in [0.1, 0.15) is 18.7 Å². The fourth-order valence-electron chi connectivity index (χ4n) is 4.90. The van der Waals surface area contributed by atoms with Crippen LogP contribution in [-0.4, -0.2) is 72.2 Å². The SMILES string of the molecule is COc1ccc(-c2noc(CN3CCCC(C(=O)N4CCN(c5ccccc5F)CC4)C3)n2)cc1. The number of anilines is 1. The lowest BCUT2D eigenvalue weighted by molar-refractivity contribution is -0.137. The van der Waals surface area contributed by atoms with Gasteiger partial charge in [0.25, 0.3) is 0 Å². The van der Waals surface area contributed by atoms with Crippen molar-refractivity contribution in [1.82, 2.24) is 19.9 Å². The minimum atomic E-state index is -0.216. The molecule has 3 aromatic rings. The number of amides is 1. The van der Waals surface area contributed by atoms with Crippen molar-refractivity contribution in [3.8, 4) is 17.1 Å². The number of rotatable bonds is 6. The molecule has 35 heavy (non-hydrogen) atoms.